The molecule has 3 rings (SSSR count). The molecule has 4 nitrogen and oxygen atoms in total. The van der Waals surface area contributed by atoms with E-state index in [1.807, 2.05) is 6.92 Å². The van der Waals surface area contributed by atoms with E-state index in [1.165, 1.54) is 18.2 Å². The van der Waals surface area contributed by atoms with Gasteiger partial charge in [-0.15, -0.1) is 0 Å². The average Bonchev–Trinajstić information content (AvgIpc) is 2.69. The van der Waals surface area contributed by atoms with Crippen molar-refractivity contribution in [2.45, 2.75) is 31.1 Å². The number of rotatable bonds is 5. The van der Waals surface area contributed by atoms with E-state index in [2.05, 4.69) is 6.08 Å². The average molecular weight is 443 g/mol. The molecule has 0 bridgehead atoms. The second kappa shape index (κ2) is 11.4. The molecule has 0 radical (unpaired) electrons. The van der Waals surface area contributed by atoms with E-state index in [1.54, 1.807) is 12.1 Å². The number of halogens is 3. The lowest BCUT2D eigenvalue weighted by atomic mass is 9.84. The molecule has 0 saturated heterocycles. The molecular formula is C21H25ClF2N2O2S. The number of benzene rings is 2. The van der Waals surface area contributed by atoms with Crippen molar-refractivity contribution in [2.24, 2.45) is 16.8 Å². The second-order valence-electron chi connectivity index (χ2n) is 6.52. The van der Waals surface area contributed by atoms with Gasteiger partial charge in [0.05, 0.1) is 16.5 Å². The third-order valence-corrected chi connectivity index (χ3v) is 5.42. The van der Waals surface area contributed by atoms with Crippen LogP contribution in [0, 0.1) is 17.6 Å². The zero-order valence-electron chi connectivity index (χ0n) is 16.2. The van der Waals surface area contributed by atoms with Gasteiger partial charge in [-0.25, -0.2) is 18.1 Å². The molecule has 1 aliphatic rings. The molecule has 29 heavy (non-hydrogen) atoms. The van der Waals surface area contributed by atoms with Gasteiger partial charge < -0.3 is 10.5 Å². The quantitative estimate of drug-likeness (QED) is 0.696. The Morgan fingerprint density at radius 1 is 1.24 bits per heavy atom. The Kier molecular flexibility index (Phi) is 9.23. The molecule has 0 saturated carbocycles. The summed E-state index contributed by atoms with van der Waals surface area (Å²) in [6.45, 7) is 2.97. The predicted octanol–water partition coefficient (Wildman–Crippen LogP) is 4.83. The first-order valence-electron chi connectivity index (χ1n) is 9.31. The van der Waals surface area contributed by atoms with Crippen molar-refractivity contribution < 1.29 is 17.7 Å². The van der Waals surface area contributed by atoms with Gasteiger partial charge in [0.2, 0.25) is 0 Å². The van der Waals surface area contributed by atoms with Crippen molar-refractivity contribution in [1.82, 2.24) is 0 Å². The van der Waals surface area contributed by atoms with E-state index in [0.29, 0.717) is 6.61 Å². The fraction of sp³-hybridized carbons (Fsp3) is 0.333. The molecule has 8 heteroatoms. The van der Waals surface area contributed by atoms with E-state index in [4.69, 9.17) is 27.2 Å². The summed E-state index contributed by atoms with van der Waals surface area (Å²) in [5, 5.41) is 5.37. The van der Waals surface area contributed by atoms with Gasteiger partial charge in [0, 0.05) is 12.0 Å². The SMILES string of the molecule is CCN.NS(=O)c1cc(Cl)c(OCC2CCCC=C2c2ccc(F)cc2)cc1F. The van der Waals surface area contributed by atoms with Crippen LogP contribution in [-0.2, 0) is 11.0 Å². The van der Waals surface area contributed by atoms with E-state index in [9.17, 15) is 13.0 Å². The highest BCUT2D eigenvalue weighted by atomic mass is 35.5. The molecule has 0 heterocycles. The molecule has 2 aromatic rings. The van der Waals surface area contributed by atoms with Gasteiger partial charge in [0.25, 0.3) is 0 Å². The first-order valence-corrected chi connectivity index (χ1v) is 10.9. The van der Waals surface area contributed by atoms with Crippen molar-refractivity contribution in [2.75, 3.05) is 13.2 Å². The van der Waals surface area contributed by atoms with Crippen LogP contribution >= 0.6 is 11.6 Å². The van der Waals surface area contributed by atoms with Gasteiger partial charge in [0.1, 0.15) is 28.4 Å². The highest BCUT2D eigenvalue weighted by Gasteiger charge is 2.21. The van der Waals surface area contributed by atoms with Gasteiger partial charge in [-0.05, 0) is 55.1 Å². The molecule has 4 N–H and O–H groups in total. The molecule has 0 amide bonds. The summed E-state index contributed by atoms with van der Waals surface area (Å²) in [5.74, 6) is -0.722. The lowest BCUT2D eigenvalue weighted by Crippen LogP contribution is -2.17. The maximum Gasteiger partial charge on any atom is 0.144 e. The molecule has 0 aromatic heterocycles. The first kappa shape index (κ1) is 23.5. The number of ether oxygens (including phenoxy) is 1. The van der Waals surface area contributed by atoms with Crippen molar-refractivity contribution in [3.8, 4) is 5.75 Å². The summed E-state index contributed by atoms with van der Waals surface area (Å²) in [4.78, 5) is -0.160. The topological polar surface area (TPSA) is 78.3 Å². The normalized spacial score (nSPS) is 17.0. The van der Waals surface area contributed by atoms with Gasteiger partial charge in [-0.2, -0.15) is 0 Å². The number of hydrogen-bond acceptors (Lipinski definition) is 3. The monoisotopic (exact) mass is 442 g/mol. The highest BCUT2D eigenvalue weighted by molar-refractivity contribution is 7.82. The highest BCUT2D eigenvalue weighted by Crippen LogP contribution is 2.35. The molecule has 2 aromatic carbocycles. The van der Waals surface area contributed by atoms with Gasteiger partial charge in [-0.1, -0.05) is 36.7 Å². The summed E-state index contributed by atoms with van der Waals surface area (Å²) in [6.07, 6.45) is 5.02. The smallest absolute Gasteiger partial charge is 0.144 e. The van der Waals surface area contributed by atoms with E-state index in [0.717, 1.165) is 43.0 Å². The number of hydrogen-bond donors (Lipinski definition) is 2. The van der Waals surface area contributed by atoms with Crippen molar-refractivity contribution in [1.29, 1.82) is 0 Å². The van der Waals surface area contributed by atoms with E-state index >= 15 is 0 Å². The molecule has 2 atom stereocenters. The van der Waals surface area contributed by atoms with Gasteiger partial charge >= 0.3 is 0 Å². The fourth-order valence-corrected chi connectivity index (χ4v) is 3.85. The maximum atomic E-state index is 14.0. The summed E-state index contributed by atoms with van der Waals surface area (Å²) < 4.78 is 44.1. The van der Waals surface area contributed by atoms with Gasteiger partial charge in [0.15, 0.2) is 0 Å². The summed E-state index contributed by atoms with van der Waals surface area (Å²) in [6, 6.07) is 8.68. The third kappa shape index (κ3) is 6.60. The minimum atomic E-state index is -1.95. The zero-order chi connectivity index (χ0) is 21.4. The van der Waals surface area contributed by atoms with Crippen LogP contribution < -0.4 is 15.6 Å². The Bertz CT molecular complexity index is 876. The molecule has 0 fully saturated rings. The van der Waals surface area contributed by atoms with Crippen molar-refractivity contribution >= 4 is 28.2 Å². The second-order valence-corrected chi connectivity index (χ2v) is 7.97. The Balaban J connectivity index is 0.000000941. The molecule has 0 spiro atoms. The minimum absolute atomic E-state index is 0.0941. The largest absolute Gasteiger partial charge is 0.491 e. The van der Waals surface area contributed by atoms with Crippen molar-refractivity contribution in [3.63, 3.8) is 0 Å². The molecule has 158 valence electrons. The minimum Gasteiger partial charge on any atom is -0.491 e. The number of nitrogens with two attached hydrogens (primary N) is 2. The first-order chi connectivity index (χ1) is 13.9. The standard InChI is InChI=1S/C19H18ClF2NO2S.C2H7N/c20-16-9-19(26(23)24)17(22)10-18(16)25-11-13-3-1-2-4-15(13)12-5-7-14(21)8-6-12;1-2-3/h4-10,13H,1-3,11,23H2;2-3H2,1H3. The lowest BCUT2D eigenvalue weighted by Gasteiger charge is -2.25. The number of allylic oxidation sites excluding steroid dienone is 1. The third-order valence-electron chi connectivity index (χ3n) is 4.38. The van der Waals surface area contributed by atoms with Crippen LogP contribution in [0.3, 0.4) is 0 Å². The van der Waals surface area contributed by atoms with Crippen LogP contribution in [0.2, 0.25) is 5.02 Å². The van der Waals surface area contributed by atoms with Crippen LogP contribution in [0.25, 0.3) is 5.57 Å². The fourth-order valence-electron chi connectivity index (χ4n) is 3.08. The maximum absolute atomic E-state index is 14.0. The Hall–Kier alpha value is -1.80. The van der Waals surface area contributed by atoms with Crippen molar-refractivity contribution in [3.05, 3.63) is 64.7 Å². The summed E-state index contributed by atoms with van der Waals surface area (Å²) in [5.41, 5.74) is 6.89. The van der Waals surface area contributed by atoms with Crippen LogP contribution in [0.5, 0.6) is 5.75 Å². The van der Waals surface area contributed by atoms with Crippen LogP contribution in [0.4, 0.5) is 8.78 Å². The van der Waals surface area contributed by atoms with Crippen LogP contribution in [0.15, 0.2) is 47.4 Å². The summed E-state index contributed by atoms with van der Waals surface area (Å²) in [7, 11) is -1.95. The molecule has 2 unspecified atom stereocenters. The Morgan fingerprint density at radius 2 is 1.90 bits per heavy atom. The lowest BCUT2D eigenvalue weighted by molar-refractivity contribution is 0.267. The Morgan fingerprint density at radius 3 is 2.52 bits per heavy atom. The Labute approximate surface area is 177 Å². The molecule has 0 aliphatic heterocycles. The van der Waals surface area contributed by atoms with E-state index < -0.39 is 16.8 Å². The molecule has 1 aliphatic carbocycles. The van der Waals surface area contributed by atoms with Crippen LogP contribution in [-0.4, -0.2) is 17.4 Å². The van der Waals surface area contributed by atoms with Gasteiger partial charge in [-0.3, -0.25) is 0 Å². The zero-order valence-corrected chi connectivity index (χ0v) is 17.7. The van der Waals surface area contributed by atoms with E-state index in [-0.39, 0.29) is 27.4 Å². The summed E-state index contributed by atoms with van der Waals surface area (Å²) >= 11 is 6.10. The van der Waals surface area contributed by atoms with Crippen LogP contribution in [0.1, 0.15) is 31.7 Å². The molecular weight excluding hydrogens is 418 g/mol. The predicted molar refractivity (Wildman–Crippen MR) is 114 cm³/mol.